The van der Waals surface area contributed by atoms with Crippen molar-refractivity contribution in [2.45, 2.75) is 20.8 Å². The van der Waals surface area contributed by atoms with Gasteiger partial charge in [0, 0.05) is 6.08 Å². The summed E-state index contributed by atoms with van der Waals surface area (Å²) >= 11 is 6.16. The average Bonchev–Trinajstić information content (AvgIpc) is 2.68. The van der Waals surface area contributed by atoms with Crippen LogP contribution in [0.4, 0.5) is 5.69 Å². The SMILES string of the molecule is CCOc1ccc(/C=C/C(=O)OCC(=O)Nc2c(C)cc(C)cc2Cl)cc1OC. The highest BCUT2D eigenvalue weighted by Crippen LogP contribution is 2.29. The second-order valence-electron chi connectivity index (χ2n) is 6.27. The quantitative estimate of drug-likeness (QED) is 0.503. The molecule has 0 saturated carbocycles. The van der Waals surface area contributed by atoms with Crippen molar-refractivity contribution in [3.8, 4) is 11.5 Å². The van der Waals surface area contributed by atoms with Gasteiger partial charge in [0.15, 0.2) is 18.1 Å². The van der Waals surface area contributed by atoms with Gasteiger partial charge < -0.3 is 19.5 Å². The predicted octanol–water partition coefficient (Wildman–Crippen LogP) is 4.56. The smallest absolute Gasteiger partial charge is 0.331 e. The fraction of sp³-hybridized carbons (Fsp3) is 0.273. The Bertz CT molecular complexity index is 900. The Hall–Kier alpha value is -2.99. The Morgan fingerprint density at radius 3 is 2.55 bits per heavy atom. The number of amides is 1. The van der Waals surface area contributed by atoms with Crippen LogP contribution in [-0.4, -0.2) is 32.2 Å². The van der Waals surface area contributed by atoms with Gasteiger partial charge in [0.2, 0.25) is 0 Å². The number of benzene rings is 2. The van der Waals surface area contributed by atoms with Crippen LogP contribution >= 0.6 is 11.6 Å². The van der Waals surface area contributed by atoms with E-state index in [9.17, 15) is 9.59 Å². The molecular formula is C22H24ClNO5. The Morgan fingerprint density at radius 2 is 1.90 bits per heavy atom. The number of carbonyl (C=O) groups excluding carboxylic acids is 2. The summed E-state index contributed by atoms with van der Waals surface area (Å²) < 4.78 is 15.7. The zero-order chi connectivity index (χ0) is 21.4. The topological polar surface area (TPSA) is 73.9 Å². The second kappa shape index (κ2) is 10.5. The van der Waals surface area contributed by atoms with Crippen molar-refractivity contribution in [3.05, 3.63) is 58.1 Å². The molecule has 1 amide bonds. The summed E-state index contributed by atoms with van der Waals surface area (Å²) in [6.07, 6.45) is 2.81. The molecule has 0 spiro atoms. The Morgan fingerprint density at radius 1 is 1.14 bits per heavy atom. The first-order chi connectivity index (χ1) is 13.8. The third-order valence-corrected chi connectivity index (χ3v) is 4.24. The number of carbonyl (C=O) groups is 2. The van der Waals surface area contributed by atoms with Gasteiger partial charge in [-0.1, -0.05) is 23.7 Å². The van der Waals surface area contributed by atoms with Crippen LogP contribution in [0.5, 0.6) is 11.5 Å². The van der Waals surface area contributed by atoms with Crippen molar-refractivity contribution in [2.75, 3.05) is 25.6 Å². The van der Waals surface area contributed by atoms with E-state index in [4.69, 9.17) is 25.8 Å². The fourth-order valence-electron chi connectivity index (χ4n) is 2.66. The molecule has 154 valence electrons. The molecular weight excluding hydrogens is 394 g/mol. The van der Waals surface area contributed by atoms with Gasteiger partial charge in [-0.15, -0.1) is 0 Å². The summed E-state index contributed by atoms with van der Waals surface area (Å²) in [4.78, 5) is 24.0. The van der Waals surface area contributed by atoms with Gasteiger partial charge in [-0.25, -0.2) is 4.79 Å². The molecule has 0 unspecified atom stereocenters. The molecule has 0 heterocycles. The molecule has 29 heavy (non-hydrogen) atoms. The van der Waals surface area contributed by atoms with E-state index in [0.29, 0.717) is 28.8 Å². The molecule has 6 nitrogen and oxygen atoms in total. The monoisotopic (exact) mass is 417 g/mol. The predicted molar refractivity (Wildman–Crippen MR) is 114 cm³/mol. The van der Waals surface area contributed by atoms with E-state index in [1.54, 1.807) is 37.5 Å². The molecule has 0 radical (unpaired) electrons. The molecule has 2 aromatic carbocycles. The highest BCUT2D eigenvalue weighted by Gasteiger charge is 2.11. The van der Waals surface area contributed by atoms with Crippen LogP contribution in [0.15, 0.2) is 36.4 Å². The third kappa shape index (κ3) is 6.54. The van der Waals surface area contributed by atoms with Crippen LogP contribution in [0.2, 0.25) is 5.02 Å². The number of hydrogen-bond acceptors (Lipinski definition) is 5. The van der Waals surface area contributed by atoms with Crippen LogP contribution < -0.4 is 14.8 Å². The summed E-state index contributed by atoms with van der Waals surface area (Å²) in [5.74, 6) is 0.0756. The fourth-order valence-corrected chi connectivity index (χ4v) is 3.03. The zero-order valence-electron chi connectivity index (χ0n) is 16.9. The molecule has 0 aromatic heterocycles. The largest absolute Gasteiger partial charge is 0.493 e. The highest BCUT2D eigenvalue weighted by atomic mass is 35.5. The molecule has 0 saturated heterocycles. The lowest BCUT2D eigenvalue weighted by Gasteiger charge is -2.11. The molecule has 0 fully saturated rings. The van der Waals surface area contributed by atoms with Crippen molar-refractivity contribution in [1.29, 1.82) is 0 Å². The minimum absolute atomic E-state index is 0.417. The number of ether oxygens (including phenoxy) is 3. The van der Waals surface area contributed by atoms with Crippen molar-refractivity contribution in [3.63, 3.8) is 0 Å². The van der Waals surface area contributed by atoms with E-state index < -0.39 is 18.5 Å². The van der Waals surface area contributed by atoms with Gasteiger partial charge in [-0.05, 0) is 61.7 Å². The molecule has 2 rings (SSSR count). The number of rotatable bonds is 8. The number of nitrogens with one attached hydrogen (secondary N) is 1. The number of aryl methyl sites for hydroxylation is 2. The molecule has 1 N–H and O–H groups in total. The van der Waals surface area contributed by atoms with Crippen LogP contribution in [-0.2, 0) is 14.3 Å². The van der Waals surface area contributed by atoms with E-state index in [1.807, 2.05) is 26.8 Å². The molecule has 0 aliphatic carbocycles. The summed E-state index contributed by atoms with van der Waals surface area (Å²) in [6.45, 7) is 5.74. The number of hydrogen-bond donors (Lipinski definition) is 1. The molecule has 7 heteroatoms. The minimum Gasteiger partial charge on any atom is -0.493 e. The molecule has 0 aliphatic heterocycles. The van der Waals surface area contributed by atoms with Gasteiger partial charge in [0.25, 0.3) is 5.91 Å². The number of anilines is 1. The first-order valence-corrected chi connectivity index (χ1v) is 9.44. The number of esters is 1. The maximum atomic E-state index is 12.1. The van der Waals surface area contributed by atoms with Gasteiger partial charge in [0.05, 0.1) is 24.4 Å². The molecule has 0 aliphatic rings. The first kappa shape index (κ1) is 22.3. The van der Waals surface area contributed by atoms with Crippen molar-refractivity contribution in [1.82, 2.24) is 0 Å². The van der Waals surface area contributed by atoms with Crippen LogP contribution in [0, 0.1) is 13.8 Å². The number of halogens is 1. The van der Waals surface area contributed by atoms with Crippen molar-refractivity contribution >= 4 is 35.2 Å². The standard InChI is InChI=1S/C22H24ClNO5/c1-5-28-18-8-6-16(12-19(18)27-4)7-9-21(26)29-13-20(25)24-22-15(3)10-14(2)11-17(22)23/h6-12H,5,13H2,1-4H3,(H,24,25)/b9-7+. The summed E-state index contributed by atoms with van der Waals surface area (Å²) in [5, 5.41) is 3.10. The van der Waals surface area contributed by atoms with Crippen molar-refractivity contribution in [2.24, 2.45) is 0 Å². The second-order valence-corrected chi connectivity index (χ2v) is 6.68. The van der Waals surface area contributed by atoms with Crippen LogP contribution in [0.1, 0.15) is 23.6 Å². The van der Waals surface area contributed by atoms with Gasteiger partial charge in [-0.2, -0.15) is 0 Å². The highest BCUT2D eigenvalue weighted by molar-refractivity contribution is 6.34. The maximum absolute atomic E-state index is 12.1. The van der Waals surface area contributed by atoms with E-state index >= 15 is 0 Å². The normalized spacial score (nSPS) is 10.7. The van der Waals surface area contributed by atoms with Crippen LogP contribution in [0.3, 0.4) is 0 Å². The lowest BCUT2D eigenvalue weighted by atomic mass is 10.1. The number of methoxy groups -OCH3 is 1. The van der Waals surface area contributed by atoms with Crippen molar-refractivity contribution < 1.29 is 23.8 Å². The average molecular weight is 418 g/mol. The zero-order valence-corrected chi connectivity index (χ0v) is 17.6. The van der Waals surface area contributed by atoms with Crippen LogP contribution in [0.25, 0.3) is 6.08 Å². The molecule has 0 bridgehead atoms. The molecule has 2 aromatic rings. The van der Waals surface area contributed by atoms with E-state index in [-0.39, 0.29) is 0 Å². The first-order valence-electron chi connectivity index (χ1n) is 9.06. The van der Waals surface area contributed by atoms with Gasteiger partial charge in [-0.3, -0.25) is 4.79 Å². The summed E-state index contributed by atoms with van der Waals surface area (Å²) in [5.41, 5.74) is 3.07. The summed E-state index contributed by atoms with van der Waals surface area (Å²) in [7, 11) is 1.54. The third-order valence-electron chi connectivity index (χ3n) is 3.94. The Kier molecular flexibility index (Phi) is 8.09. The lowest BCUT2D eigenvalue weighted by molar-refractivity contribution is -0.142. The minimum atomic E-state index is -0.639. The van der Waals surface area contributed by atoms with Gasteiger partial charge in [0.1, 0.15) is 0 Å². The Balaban J connectivity index is 1.92. The van der Waals surface area contributed by atoms with E-state index in [2.05, 4.69) is 5.32 Å². The van der Waals surface area contributed by atoms with E-state index in [1.165, 1.54) is 6.08 Å². The summed E-state index contributed by atoms with van der Waals surface area (Å²) in [6, 6.07) is 8.94. The maximum Gasteiger partial charge on any atom is 0.331 e. The van der Waals surface area contributed by atoms with E-state index in [0.717, 1.165) is 16.7 Å². The van der Waals surface area contributed by atoms with Gasteiger partial charge >= 0.3 is 5.97 Å². The Labute approximate surface area is 175 Å². The lowest BCUT2D eigenvalue weighted by Crippen LogP contribution is -2.20. The molecule has 0 atom stereocenters.